The Morgan fingerprint density at radius 3 is 1.23 bits per heavy atom. The predicted octanol–water partition coefficient (Wildman–Crippen LogP) is 10.2. The predicted molar refractivity (Wildman–Crippen MR) is 322 cm³/mol. The van der Waals surface area contributed by atoms with Crippen LogP contribution < -0.4 is 18.3 Å². The highest BCUT2D eigenvalue weighted by molar-refractivity contribution is 5.60. The van der Waals surface area contributed by atoms with Crippen molar-refractivity contribution in [3.8, 4) is 45.6 Å². The molecule has 16 heteroatoms. The molecule has 0 saturated carbocycles. The van der Waals surface area contributed by atoms with Crippen molar-refractivity contribution in [2.75, 3.05) is 0 Å². The lowest BCUT2D eigenvalue weighted by Gasteiger charge is -2.19. The summed E-state index contributed by atoms with van der Waals surface area (Å²) in [5.74, 6) is 2.27. The van der Waals surface area contributed by atoms with E-state index in [2.05, 4.69) is 19.9 Å². The maximum absolute atomic E-state index is 8.68. The first-order chi connectivity index (χ1) is 43.7. The van der Waals surface area contributed by atoms with Gasteiger partial charge in [0, 0.05) is 168 Å². The van der Waals surface area contributed by atoms with E-state index in [1.807, 2.05) is 202 Å². The maximum Gasteiger partial charge on any atom is 0.230 e. The third-order valence-corrected chi connectivity index (χ3v) is 14.1. The molecule has 81 heavy (non-hydrogen) atoms. The van der Waals surface area contributed by atoms with Crippen molar-refractivity contribution in [2.24, 2.45) is 67.2 Å². The lowest BCUT2D eigenvalue weighted by atomic mass is 9.86. The fourth-order valence-electron chi connectivity index (χ4n) is 10.0. The van der Waals surface area contributed by atoms with E-state index in [1.54, 1.807) is 94.0 Å². The van der Waals surface area contributed by atoms with E-state index in [0.717, 1.165) is 74.2 Å². The molecular weight excluding hydrogens is 1000 g/mol. The van der Waals surface area contributed by atoms with Gasteiger partial charge >= 0.3 is 0 Å². The summed E-state index contributed by atoms with van der Waals surface area (Å²) in [5, 5.41) is 0. The van der Waals surface area contributed by atoms with Gasteiger partial charge in [-0.3, -0.25) is 17.6 Å². The Labute approximate surface area is 497 Å². The molecule has 0 amide bonds. The number of nitrogens with zero attached hydrogens (tertiary/aromatic N) is 16. The molecule has 0 aliphatic rings. The van der Waals surface area contributed by atoms with Gasteiger partial charge < -0.3 is 18.3 Å². The van der Waals surface area contributed by atoms with Crippen LogP contribution in [0.25, 0.3) is 68.7 Å². The van der Waals surface area contributed by atoms with Crippen molar-refractivity contribution in [2.45, 2.75) is 102 Å². The third kappa shape index (κ3) is 11.9. The molecule has 0 unspecified atom stereocenters. The van der Waals surface area contributed by atoms with Gasteiger partial charge in [0.05, 0.1) is 0 Å². The van der Waals surface area contributed by atoms with Crippen LogP contribution in [0.3, 0.4) is 0 Å². The third-order valence-electron chi connectivity index (χ3n) is 14.1. The number of hydrogen-bond donors (Lipinski definition) is 0. The Bertz CT molecular complexity index is 4820. The van der Waals surface area contributed by atoms with Crippen LogP contribution in [0.5, 0.6) is 0 Å². The summed E-state index contributed by atoms with van der Waals surface area (Å²) < 4.78 is 135. The SMILES string of the molecule is [2H]C([2H])([2H])c1c[n+](C)c(-c2cn3ccnc3n2C)cc1C.[2H]C([2H])([2H])c1c[n+](C)c(-c2cn3ccnc3n2C)cc1C([2H])(C)C.[2H]C([2H])([2H])c1c[n+](C)c(-c2cn3ccnc3n2C)cc1C([2H])([2H])C(C)(C)C.[2H]C([2H])(c1ccc(-c2cn3ccnc3n2C)[n+](C)c1)C(C)(C)C. The highest BCUT2D eigenvalue weighted by Gasteiger charge is 2.24. The van der Waals surface area contributed by atoms with Crippen molar-refractivity contribution in [3.63, 3.8) is 0 Å². The zero-order chi connectivity index (χ0) is 70.6. The maximum atomic E-state index is 8.68. The molecule has 0 fully saturated rings. The first-order valence-electron chi connectivity index (χ1n) is 33.7. The Kier molecular flexibility index (Phi) is 11.4. The Hall–Kier alpha value is -8.40. The molecule has 0 aliphatic heterocycles. The average molecular weight is 1110 g/mol. The first kappa shape index (κ1) is 41.6. The fraction of sp³-hybridized carbons (Fsp3) is 0.385. The Morgan fingerprint density at radius 2 is 0.852 bits per heavy atom. The second kappa shape index (κ2) is 22.3. The number of imidazole rings is 8. The van der Waals surface area contributed by atoms with Crippen LogP contribution in [0.4, 0.5) is 0 Å². The molecule has 0 radical (unpaired) electrons. The smallest absolute Gasteiger partial charge is 0.230 e. The molecule has 16 nitrogen and oxygen atoms in total. The molecule has 12 aromatic rings. The van der Waals surface area contributed by atoms with Gasteiger partial charge in [-0.1, -0.05) is 55.4 Å². The summed E-state index contributed by atoms with van der Waals surface area (Å²) >= 11 is 0. The lowest BCUT2D eigenvalue weighted by Crippen LogP contribution is -2.32. The van der Waals surface area contributed by atoms with Gasteiger partial charge in [0.1, 0.15) is 51.0 Å². The van der Waals surface area contributed by atoms with Gasteiger partial charge in [0.2, 0.25) is 45.9 Å². The highest BCUT2D eigenvalue weighted by atomic mass is 15.2. The van der Waals surface area contributed by atoms with E-state index >= 15 is 0 Å². The minimum atomic E-state index is -2.41. The Balaban J connectivity index is 0.000000149. The quantitative estimate of drug-likeness (QED) is 0.148. The summed E-state index contributed by atoms with van der Waals surface area (Å²) in [6.45, 7) is 9.59. The molecule has 0 spiro atoms. The van der Waals surface area contributed by atoms with Crippen LogP contribution in [-0.2, 0) is 69.1 Å². The number of aromatic nitrogens is 16. The van der Waals surface area contributed by atoms with Gasteiger partial charge in [-0.2, -0.15) is 18.3 Å². The second-order valence-corrected chi connectivity index (χ2v) is 23.1. The van der Waals surface area contributed by atoms with Crippen LogP contribution in [0.15, 0.2) is 129 Å². The Morgan fingerprint density at radius 1 is 0.481 bits per heavy atom. The average Bonchev–Trinajstić information content (AvgIpc) is 1.74. The van der Waals surface area contributed by atoms with Crippen molar-refractivity contribution in [1.82, 2.24) is 55.8 Å². The fourth-order valence-corrected chi connectivity index (χ4v) is 10.0. The highest BCUT2D eigenvalue weighted by Crippen LogP contribution is 2.29. The number of fused-ring (bicyclic) bond motifs is 4. The number of aryl methyl sites for hydroxylation is 12. The van der Waals surface area contributed by atoms with Gasteiger partial charge in [0.25, 0.3) is 0 Å². The molecule has 0 atom stereocenters. The molecule has 12 rings (SSSR count). The van der Waals surface area contributed by atoms with E-state index in [0.29, 0.717) is 16.7 Å². The number of rotatable bonds is 7. The van der Waals surface area contributed by atoms with Gasteiger partial charge in [0.15, 0.2) is 24.8 Å². The largest absolute Gasteiger partial charge is 0.308 e. The molecule has 0 aliphatic carbocycles. The zero-order valence-electron chi connectivity index (χ0n) is 63.8. The van der Waals surface area contributed by atoms with Gasteiger partial charge in [-0.25, -0.2) is 19.9 Å². The van der Waals surface area contributed by atoms with Crippen LogP contribution in [0.1, 0.15) is 119 Å². The molecule has 12 heterocycles. The van der Waals surface area contributed by atoms with Crippen LogP contribution in [0.2, 0.25) is 0 Å². The normalized spacial score (nSPS) is 15.4. The van der Waals surface area contributed by atoms with Crippen molar-refractivity contribution in [3.05, 3.63) is 168 Å². The van der Waals surface area contributed by atoms with E-state index in [4.69, 9.17) is 19.2 Å². The molecule has 12 aromatic heterocycles. The summed E-state index contributed by atoms with van der Waals surface area (Å²) in [6.07, 6.45) is 25.9. The zero-order valence-corrected chi connectivity index (χ0v) is 49.8. The minimum Gasteiger partial charge on any atom is -0.308 e. The van der Waals surface area contributed by atoms with Crippen LogP contribution >= 0.6 is 0 Å². The molecule has 0 saturated heterocycles. The first-order valence-corrected chi connectivity index (χ1v) is 26.7. The molecule has 0 N–H and O–H groups in total. The molecule has 0 bridgehead atoms. The summed E-state index contributed by atoms with van der Waals surface area (Å²) in [4.78, 5) is 17.3. The summed E-state index contributed by atoms with van der Waals surface area (Å²) in [6, 6.07) is 9.26. The topological polar surface area (TPSA) is 104 Å². The van der Waals surface area contributed by atoms with Crippen molar-refractivity contribution < 1.29 is 37.5 Å². The number of pyridine rings is 4. The van der Waals surface area contributed by atoms with Crippen LogP contribution in [0, 0.1) is 38.3 Å². The van der Waals surface area contributed by atoms with Gasteiger partial charge in [-0.05, 0) is 79.7 Å². The van der Waals surface area contributed by atoms with Gasteiger partial charge in [-0.15, -0.1) is 0 Å². The molecule has 0 aromatic carbocycles. The lowest BCUT2D eigenvalue weighted by molar-refractivity contribution is -0.661. The summed E-state index contributed by atoms with van der Waals surface area (Å²) in [5.41, 5.74) is 8.85. The van der Waals surface area contributed by atoms with Crippen LogP contribution in [-0.4, -0.2) is 55.8 Å². The van der Waals surface area contributed by atoms with E-state index < -0.39 is 50.0 Å². The molecule has 422 valence electrons. The second-order valence-electron chi connectivity index (χ2n) is 23.1. The van der Waals surface area contributed by atoms with E-state index in [9.17, 15) is 0 Å². The standard InChI is InChI=1S/C18H25N4.C17H23N4.C16H21N4.C14H17N4/c1-13-11-20(5)15(9-14(13)10-18(2,3)4)16-12-22-8-7-19-17(22)21(16)6;1-17(2,3)10-13-6-7-14(19(4)11-13)15-12-21-9-8-18-16(21)20(15)5;1-11(2)13-8-14(18(4)9-12(13)3)15-10-20-7-6-17-16(20)19(15)5;1-10-7-12(16(3)8-11(10)2)13-9-18-6-5-15-14(18)17(13)4/h7-9,11-12H,10H2,1-6H3;6-9,11-12H,10H2,1-5H3;6-11H,1-5H3;5-9H,1-4H3/q4*+1/i1D3,10D2;10D2;3D3,11D;2D3. The monoisotopic (exact) mass is 1100 g/mol. The van der Waals surface area contributed by atoms with E-state index in [-0.39, 0.29) is 16.7 Å². The van der Waals surface area contributed by atoms with Crippen molar-refractivity contribution >= 4 is 23.1 Å². The summed E-state index contributed by atoms with van der Waals surface area (Å²) in [7, 11) is 15.1. The number of hydrogen-bond acceptors (Lipinski definition) is 4. The van der Waals surface area contributed by atoms with E-state index in [1.165, 1.54) is 6.20 Å². The minimum absolute atomic E-state index is 0.0349. The molecular formula is C65H86N16+4. The van der Waals surface area contributed by atoms with Crippen molar-refractivity contribution in [1.29, 1.82) is 0 Å².